The molecule has 0 radical (unpaired) electrons. The second kappa shape index (κ2) is 5.52. The average Bonchev–Trinajstić information content (AvgIpc) is 2.74. The summed E-state index contributed by atoms with van der Waals surface area (Å²) in [5, 5.41) is 8.86. The minimum atomic E-state index is 0.703. The standard InChI is InChI=1S/C15H16N2O/c1-12-6-7-15(18-12)11-17(2)10-14-5-3-4-13(8-14)9-16/h3-8H,10-11H2,1-2H3. The SMILES string of the molecule is Cc1ccc(CN(C)Cc2cccc(C#N)c2)o1. The van der Waals surface area contributed by atoms with Gasteiger partial charge in [0.05, 0.1) is 18.2 Å². The van der Waals surface area contributed by atoms with E-state index in [2.05, 4.69) is 11.0 Å². The fourth-order valence-electron chi connectivity index (χ4n) is 1.94. The van der Waals surface area contributed by atoms with Crippen molar-refractivity contribution >= 4 is 0 Å². The van der Waals surface area contributed by atoms with Gasteiger partial charge in [-0.25, -0.2) is 0 Å². The third kappa shape index (κ3) is 3.22. The molecule has 0 aliphatic heterocycles. The van der Waals surface area contributed by atoms with E-state index in [0.29, 0.717) is 5.56 Å². The molecular formula is C15H16N2O. The second-order valence-corrected chi connectivity index (χ2v) is 4.50. The Labute approximate surface area is 107 Å². The summed E-state index contributed by atoms with van der Waals surface area (Å²) < 4.78 is 5.54. The Hall–Kier alpha value is -2.05. The highest BCUT2D eigenvalue weighted by Gasteiger charge is 2.05. The number of rotatable bonds is 4. The average molecular weight is 240 g/mol. The maximum Gasteiger partial charge on any atom is 0.118 e. The molecule has 3 heteroatoms. The highest BCUT2D eigenvalue weighted by atomic mass is 16.3. The van der Waals surface area contributed by atoms with Crippen molar-refractivity contribution in [2.45, 2.75) is 20.0 Å². The van der Waals surface area contributed by atoms with Gasteiger partial charge in [-0.1, -0.05) is 12.1 Å². The molecule has 92 valence electrons. The van der Waals surface area contributed by atoms with E-state index in [1.807, 2.05) is 50.4 Å². The van der Waals surface area contributed by atoms with Crippen LogP contribution in [0.3, 0.4) is 0 Å². The summed E-state index contributed by atoms with van der Waals surface area (Å²) in [6.07, 6.45) is 0. The lowest BCUT2D eigenvalue weighted by molar-refractivity contribution is 0.285. The number of hydrogen-bond donors (Lipinski definition) is 0. The highest BCUT2D eigenvalue weighted by molar-refractivity contribution is 5.32. The molecule has 0 aliphatic carbocycles. The Kier molecular flexibility index (Phi) is 3.81. The molecule has 1 aromatic heterocycles. The summed E-state index contributed by atoms with van der Waals surface area (Å²) in [5.41, 5.74) is 1.84. The predicted molar refractivity (Wildman–Crippen MR) is 69.8 cm³/mol. The molecule has 1 aromatic carbocycles. The topological polar surface area (TPSA) is 40.2 Å². The smallest absolute Gasteiger partial charge is 0.118 e. The lowest BCUT2D eigenvalue weighted by Crippen LogP contribution is -2.16. The van der Waals surface area contributed by atoms with Crippen molar-refractivity contribution in [1.82, 2.24) is 4.90 Å². The molecular weight excluding hydrogens is 224 g/mol. The van der Waals surface area contributed by atoms with Crippen LogP contribution >= 0.6 is 0 Å². The summed E-state index contributed by atoms with van der Waals surface area (Å²) in [7, 11) is 2.04. The number of hydrogen-bond acceptors (Lipinski definition) is 3. The van der Waals surface area contributed by atoms with Crippen LogP contribution in [0.2, 0.25) is 0 Å². The van der Waals surface area contributed by atoms with E-state index in [9.17, 15) is 0 Å². The Morgan fingerprint density at radius 3 is 2.72 bits per heavy atom. The molecule has 0 saturated heterocycles. The molecule has 2 aromatic rings. The van der Waals surface area contributed by atoms with E-state index in [1.165, 1.54) is 0 Å². The van der Waals surface area contributed by atoms with Crippen LogP contribution in [0.15, 0.2) is 40.8 Å². The van der Waals surface area contributed by atoms with Gasteiger partial charge in [0, 0.05) is 6.54 Å². The largest absolute Gasteiger partial charge is 0.465 e. The summed E-state index contributed by atoms with van der Waals surface area (Å²) in [4.78, 5) is 2.16. The molecule has 1 heterocycles. The van der Waals surface area contributed by atoms with Crippen LogP contribution < -0.4 is 0 Å². The second-order valence-electron chi connectivity index (χ2n) is 4.50. The van der Waals surface area contributed by atoms with E-state index in [1.54, 1.807) is 0 Å². The third-order valence-electron chi connectivity index (χ3n) is 2.73. The molecule has 0 saturated carbocycles. The van der Waals surface area contributed by atoms with E-state index in [4.69, 9.17) is 9.68 Å². The van der Waals surface area contributed by atoms with Crippen molar-refractivity contribution < 1.29 is 4.42 Å². The van der Waals surface area contributed by atoms with Gasteiger partial charge in [-0.05, 0) is 43.8 Å². The zero-order chi connectivity index (χ0) is 13.0. The number of nitriles is 1. The summed E-state index contributed by atoms with van der Waals surface area (Å²) in [6.45, 7) is 3.51. The molecule has 0 atom stereocenters. The number of benzene rings is 1. The maximum absolute atomic E-state index is 8.86. The predicted octanol–water partition coefficient (Wildman–Crippen LogP) is 3.09. The molecule has 0 unspecified atom stereocenters. The van der Waals surface area contributed by atoms with Gasteiger partial charge in [-0.2, -0.15) is 5.26 Å². The maximum atomic E-state index is 8.86. The van der Waals surface area contributed by atoms with Gasteiger partial charge in [0.25, 0.3) is 0 Å². The van der Waals surface area contributed by atoms with Crippen molar-refractivity contribution in [3.8, 4) is 6.07 Å². The zero-order valence-electron chi connectivity index (χ0n) is 10.7. The number of nitrogens with zero attached hydrogens (tertiary/aromatic N) is 2. The van der Waals surface area contributed by atoms with Gasteiger partial charge < -0.3 is 4.42 Å². The third-order valence-corrected chi connectivity index (χ3v) is 2.73. The molecule has 0 spiro atoms. The molecule has 0 aliphatic rings. The highest BCUT2D eigenvalue weighted by Crippen LogP contribution is 2.12. The first kappa shape index (κ1) is 12.4. The summed E-state index contributed by atoms with van der Waals surface area (Å²) in [6, 6.07) is 13.8. The van der Waals surface area contributed by atoms with Crippen LogP contribution in [0.25, 0.3) is 0 Å². The van der Waals surface area contributed by atoms with Crippen molar-refractivity contribution in [2.75, 3.05) is 7.05 Å². The van der Waals surface area contributed by atoms with Crippen molar-refractivity contribution in [2.24, 2.45) is 0 Å². The minimum absolute atomic E-state index is 0.703. The molecule has 0 bridgehead atoms. The van der Waals surface area contributed by atoms with Crippen LogP contribution in [0, 0.1) is 18.3 Å². The number of furan rings is 1. The normalized spacial score (nSPS) is 10.6. The van der Waals surface area contributed by atoms with Gasteiger partial charge in [0.2, 0.25) is 0 Å². The van der Waals surface area contributed by atoms with Crippen molar-refractivity contribution in [3.63, 3.8) is 0 Å². The molecule has 0 fully saturated rings. The fourth-order valence-corrected chi connectivity index (χ4v) is 1.94. The molecule has 0 N–H and O–H groups in total. The van der Waals surface area contributed by atoms with E-state index in [-0.39, 0.29) is 0 Å². The van der Waals surface area contributed by atoms with E-state index < -0.39 is 0 Å². The zero-order valence-corrected chi connectivity index (χ0v) is 10.7. The first-order valence-corrected chi connectivity index (χ1v) is 5.90. The Morgan fingerprint density at radius 2 is 2.06 bits per heavy atom. The van der Waals surface area contributed by atoms with Gasteiger partial charge in [-0.3, -0.25) is 4.90 Å². The first-order valence-electron chi connectivity index (χ1n) is 5.90. The lowest BCUT2D eigenvalue weighted by Gasteiger charge is -2.15. The number of aryl methyl sites for hydroxylation is 1. The van der Waals surface area contributed by atoms with Crippen LogP contribution in [0.1, 0.15) is 22.6 Å². The van der Waals surface area contributed by atoms with Crippen molar-refractivity contribution in [3.05, 3.63) is 59.0 Å². The monoisotopic (exact) mass is 240 g/mol. The molecule has 0 amide bonds. The van der Waals surface area contributed by atoms with E-state index in [0.717, 1.165) is 30.2 Å². The van der Waals surface area contributed by atoms with E-state index >= 15 is 0 Å². The molecule has 2 rings (SSSR count). The quantitative estimate of drug-likeness (QED) is 0.824. The van der Waals surface area contributed by atoms with Gasteiger partial charge in [-0.15, -0.1) is 0 Å². The lowest BCUT2D eigenvalue weighted by atomic mass is 10.1. The van der Waals surface area contributed by atoms with Crippen molar-refractivity contribution in [1.29, 1.82) is 5.26 Å². The Balaban J connectivity index is 1.98. The Bertz CT molecular complexity index is 566. The summed E-state index contributed by atoms with van der Waals surface area (Å²) >= 11 is 0. The Morgan fingerprint density at radius 1 is 1.22 bits per heavy atom. The van der Waals surface area contributed by atoms with Gasteiger partial charge in [0.1, 0.15) is 11.5 Å². The van der Waals surface area contributed by atoms with Gasteiger partial charge >= 0.3 is 0 Å². The van der Waals surface area contributed by atoms with Crippen LogP contribution in [0.4, 0.5) is 0 Å². The summed E-state index contributed by atoms with van der Waals surface area (Å²) in [5.74, 6) is 1.90. The molecule has 18 heavy (non-hydrogen) atoms. The van der Waals surface area contributed by atoms with Gasteiger partial charge in [0.15, 0.2) is 0 Å². The fraction of sp³-hybridized carbons (Fsp3) is 0.267. The minimum Gasteiger partial charge on any atom is -0.465 e. The van der Waals surface area contributed by atoms with Crippen LogP contribution in [-0.4, -0.2) is 11.9 Å². The molecule has 3 nitrogen and oxygen atoms in total. The first-order chi connectivity index (χ1) is 8.67. The van der Waals surface area contributed by atoms with Crippen LogP contribution in [-0.2, 0) is 13.1 Å². The van der Waals surface area contributed by atoms with Crippen LogP contribution in [0.5, 0.6) is 0 Å².